The van der Waals surface area contributed by atoms with Crippen LogP contribution in [0.25, 0.3) is 10.9 Å². The molecule has 0 aliphatic rings. The first-order valence-corrected chi connectivity index (χ1v) is 8.89. The van der Waals surface area contributed by atoms with Gasteiger partial charge in [0.2, 0.25) is 0 Å². The Morgan fingerprint density at radius 2 is 1.69 bits per heavy atom. The van der Waals surface area contributed by atoms with Crippen LogP contribution in [0.4, 0.5) is 17.2 Å². The first kappa shape index (κ1) is 18.2. The quantitative estimate of drug-likeness (QED) is 0.472. The van der Waals surface area contributed by atoms with Crippen LogP contribution >= 0.6 is 0 Å². The van der Waals surface area contributed by atoms with Gasteiger partial charge in [0, 0.05) is 28.4 Å². The summed E-state index contributed by atoms with van der Waals surface area (Å²) in [7, 11) is 1.49. The van der Waals surface area contributed by atoms with Crippen molar-refractivity contribution in [2.75, 3.05) is 17.7 Å². The summed E-state index contributed by atoms with van der Waals surface area (Å²) in [6.45, 7) is 0. The molecule has 4 aromatic rings. The first-order chi connectivity index (χ1) is 14.1. The molecule has 3 aromatic carbocycles. The molecule has 0 spiro atoms. The molecule has 1 amide bonds. The molecule has 3 N–H and O–H groups in total. The van der Waals surface area contributed by atoms with Gasteiger partial charge >= 0.3 is 0 Å². The summed E-state index contributed by atoms with van der Waals surface area (Å²) in [5.41, 5.74) is 2.69. The van der Waals surface area contributed by atoms with Crippen LogP contribution in [-0.2, 0) is 0 Å². The van der Waals surface area contributed by atoms with Crippen LogP contribution < -0.4 is 15.4 Å². The number of fused-ring (bicyclic) bond motifs is 1. The monoisotopic (exact) mass is 386 g/mol. The highest BCUT2D eigenvalue weighted by atomic mass is 16.5. The summed E-state index contributed by atoms with van der Waals surface area (Å²) < 4.78 is 5.12. The number of nitrogens with one attached hydrogen (secondary N) is 2. The van der Waals surface area contributed by atoms with Crippen molar-refractivity contribution in [2.45, 2.75) is 0 Å². The molecule has 0 aliphatic carbocycles. The number of ether oxygens (including phenoxy) is 1. The zero-order valence-corrected chi connectivity index (χ0v) is 15.6. The fourth-order valence-corrected chi connectivity index (χ4v) is 2.90. The summed E-state index contributed by atoms with van der Waals surface area (Å²) in [4.78, 5) is 20.7. The summed E-state index contributed by atoms with van der Waals surface area (Å²) in [5, 5.41) is 16.8. The lowest BCUT2D eigenvalue weighted by molar-refractivity contribution is 0.102. The van der Waals surface area contributed by atoms with Crippen LogP contribution in [0, 0.1) is 0 Å². The molecule has 0 atom stereocenters. The third kappa shape index (κ3) is 3.93. The molecule has 29 heavy (non-hydrogen) atoms. The summed E-state index contributed by atoms with van der Waals surface area (Å²) in [6, 6.07) is 19.5. The highest BCUT2D eigenvalue weighted by Crippen LogP contribution is 2.33. The van der Waals surface area contributed by atoms with Gasteiger partial charge < -0.3 is 20.5 Å². The lowest BCUT2D eigenvalue weighted by Crippen LogP contribution is -2.11. The molecule has 0 radical (unpaired) electrons. The second kappa shape index (κ2) is 7.85. The second-order valence-electron chi connectivity index (χ2n) is 6.29. The van der Waals surface area contributed by atoms with Gasteiger partial charge in [0.1, 0.15) is 12.1 Å². The fourth-order valence-electron chi connectivity index (χ4n) is 2.90. The SMILES string of the molecule is COc1cc2ncnc(Nc3ccc(NC(=O)c4ccccc4)cc3)c2cc1O. The Morgan fingerprint density at radius 1 is 0.966 bits per heavy atom. The van der Waals surface area contributed by atoms with Crippen molar-refractivity contribution in [3.05, 3.63) is 78.6 Å². The van der Waals surface area contributed by atoms with E-state index in [-0.39, 0.29) is 11.7 Å². The largest absolute Gasteiger partial charge is 0.504 e. The van der Waals surface area contributed by atoms with Gasteiger partial charge in [-0.25, -0.2) is 9.97 Å². The molecule has 1 aromatic heterocycles. The van der Waals surface area contributed by atoms with Crippen molar-refractivity contribution >= 4 is 34.0 Å². The standard InChI is InChI=1S/C22H18N4O3/c1-29-20-12-18-17(11-19(20)27)21(24-13-23-18)25-15-7-9-16(10-8-15)26-22(28)14-5-3-2-4-6-14/h2-13,27H,1H3,(H,26,28)(H,23,24,25). The van der Waals surface area contributed by atoms with E-state index >= 15 is 0 Å². The zero-order chi connectivity index (χ0) is 20.2. The van der Waals surface area contributed by atoms with Crippen LogP contribution in [0.5, 0.6) is 11.5 Å². The van der Waals surface area contributed by atoms with Crippen molar-refractivity contribution in [1.29, 1.82) is 0 Å². The molecule has 7 nitrogen and oxygen atoms in total. The number of aromatic hydroxyl groups is 1. The van der Waals surface area contributed by atoms with Crippen LogP contribution in [0.3, 0.4) is 0 Å². The van der Waals surface area contributed by atoms with E-state index < -0.39 is 0 Å². The molecule has 4 rings (SSSR count). The van der Waals surface area contributed by atoms with Crippen LogP contribution in [0.2, 0.25) is 0 Å². The number of methoxy groups -OCH3 is 1. The van der Waals surface area contributed by atoms with E-state index in [9.17, 15) is 9.90 Å². The maximum Gasteiger partial charge on any atom is 0.255 e. The number of aromatic nitrogens is 2. The number of amides is 1. The topological polar surface area (TPSA) is 96.4 Å². The van der Waals surface area contributed by atoms with Gasteiger partial charge in [0.05, 0.1) is 12.6 Å². The van der Waals surface area contributed by atoms with Gasteiger partial charge in [-0.05, 0) is 42.5 Å². The van der Waals surface area contributed by atoms with Crippen LogP contribution in [0.15, 0.2) is 73.1 Å². The van der Waals surface area contributed by atoms with Gasteiger partial charge in [-0.2, -0.15) is 0 Å². The Labute approximate surface area is 167 Å². The Balaban J connectivity index is 1.53. The van der Waals surface area contributed by atoms with Gasteiger partial charge in [-0.15, -0.1) is 0 Å². The molecule has 0 fully saturated rings. The lowest BCUT2D eigenvalue weighted by Gasteiger charge is -2.11. The normalized spacial score (nSPS) is 10.5. The summed E-state index contributed by atoms with van der Waals surface area (Å²) in [6.07, 6.45) is 1.44. The highest BCUT2D eigenvalue weighted by Gasteiger charge is 2.10. The third-order valence-electron chi connectivity index (χ3n) is 4.38. The average Bonchev–Trinajstić information content (AvgIpc) is 2.75. The Morgan fingerprint density at radius 3 is 2.41 bits per heavy atom. The van der Waals surface area contributed by atoms with Crippen molar-refractivity contribution < 1.29 is 14.6 Å². The van der Waals surface area contributed by atoms with Crippen molar-refractivity contribution in [3.63, 3.8) is 0 Å². The van der Waals surface area contributed by atoms with E-state index in [0.29, 0.717) is 33.7 Å². The number of carbonyl (C=O) groups is 1. The van der Waals surface area contributed by atoms with Gasteiger partial charge in [0.15, 0.2) is 11.5 Å². The number of nitrogens with zero attached hydrogens (tertiary/aromatic N) is 2. The van der Waals surface area contributed by atoms with Gasteiger partial charge in [0.25, 0.3) is 5.91 Å². The molecule has 0 saturated carbocycles. The molecule has 7 heteroatoms. The van der Waals surface area contributed by atoms with Gasteiger partial charge in [-0.1, -0.05) is 18.2 Å². The predicted octanol–water partition coefficient (Wildman–Crippen LogP) is 4.34. The summed E-state index contributed by atoms with van der Waals surface area (Å²) >= 11 is 0. The number of phenols is 1. The van der Waals surface area contributed by atoms with Crippen molar-refractivity contribution in [3.8, 4) is 11.5 Å². The van der Waals surface area contributed by atoms with E-state index in [4.69, 9.17) is 4.74 Å². The Kier molecular flexibility index (Phi) is 4.94. The highest BCUT2D eigenvalue weighted by molar-refractivity contribution is 6.04. The molecule has 0 unspecified atom stereocenters. The molecule has 144 valence electrons. The van der Waals surface area contributed by atoms with E-state index in [1.807, 2.05) is 30.3 Å². The van der Waals surface area contributed by atoms with Gasteiger partial charge in [-0.3, -0.25) is 4.79 Å². The Hall–Kier alpha value is -4.13. The minimum Gasteiger partial charge on any atom is -0.504 e. The number of benzene rings is 3. The summed E-state index contributed by atoms with van der Waals surface area (Å²) in [5.74, 6) is 0.740. The molecular formula is C22H18N4O3. The van der Waals surface area contributed by atoms with Crippen LogP contribution in [-0.4, -0.2) is 28.1 Å². The smallest absolute Gasteiger partial charge is 0.255 e. The molecule has 0 bridgehead atoms. The average molecular weight is 386 g/mol. The van der Waals surface area contributed by atoms with Crippen molar-refractivity contribution in [2.24, 2.45) is 0 Å². The van der Waals surface area contributed by atoms with E-state index in [2.05, 4.69) is 20.6 Å². The number of anilines is 3. The third-order valence-corrected chi connectivity index (χ3v) is 4.38. The number of hydrogen-bond acceptors (Lipinski definition) is 6. The van der Waals surface area contributed by atoms with E-state index in [1.54, 1.807) is 36.4 Å². The number of phenolic OH excluding ortho intramolecular Hbond substituents is 1. The number of hydrogen-bond donors (Lipinski definition) is 3. The fraction of sp³-hybridized carbons (Fsp3) is 0.0455. The molecule has 1 heterocycles. The molecule has 0 saturated heterocycles. The number of rotatable bonds is 5. The lowest BCUT2D eigenvalue weighted by atomic mass is 10.2. The van der Waals surface area contributed by atoms with E-state index in [0.717, 1.165) is 5.69 Å². The first-order valence-electron chi connectivity index (χ1n) is 8.89. The number of carbonyl (C=O) groups excluding carboxylic acids is 1. The maximum atomic E-state index is 12.2. The Bertz CT molecular complexity index is 1160. The van der Waals surface area contributed by atoms with E-state index in [1.165, 1.54) is 13.4 Å². The zero-order valence-electron chi connectivity index (χ0n) is 15.6. The predicted molar refractivity (Wildman–Crippen MR) is 112 cm³/mol. The van der Waals surface area contributed by atoms with Crippen LogP contribution in [0.1, 0.15) is 10.4 Å². The second-order valence-corrected chi connectivity index (χ2v) is 6.29. The maximum absolute atomic E-state index is 12.2. The molecule has 0 aliphatic heterocycles. The minimum absolute atomic E-state index is 0.0109. The molecular weight excluding hydrogens is 368 g/mol. The minimum atomic E-state index is -0.169. The van der Waals surface area contributed by atoms with Crippen molar-refractivity contribution in [1.82, 2.24) is 9.97 Å².